The summed E-state index contributed by atoms with van der Waals surface area (Å²) in [5, 5.41) is 23.3. The van der Waals surface area contributed by atoms with Crippen LogP contribution >= 0.6 is 0 Å². The molecule has 10 heteroatoms. The van der Waals surface area contributed by atoms with E-state index in [1.165, 1.54) is 18.5 Å². The van der Waals surface area contributed by atoms with Crippen LogP contribution in [0.15, 0.2) is 108 Å². The number of aromatic nitrogens is 1. The fraction of sp³-hybridized carbons (Fsp3) is 0.138. The van der Waals surface area contributed by atoms with Gasteiger partial charge < -0.3 is 25.6 Å². The van der Waals surface area contributed by atoms with Gasteiger partial charge in [-0.05, 0) is 29.7 Å². The molecule has 0 spiro atoms. The Morgan fingerprint density at radius 3 is 2.79 bits per heavy atom. The van der Waals surface area contributed by atoms with E-state index in [4.69, 9.17) is 15.2 Å². The second-order valence-electron chi connectivity index (χ2n) is 8.52. The standard InChI is InChI=1S/C29H27N5O5/c1-3-38-14-12-18(2)39-17-19-10-11-21(15-19)32-29(37)24-16-20-7-4-5-8-22(20)25(26(24)35)33-34-28-23(27(30)36)9-6-13-31-28/h3-11,13,15-16,19,35H,1-2,12,14,17H2,(H2,30,36)(H,32,37)/b34-33+. The molecule has 1 unspecified atom stereocenters. The molecule has 4 rings (SSSR count). The van der Waals surface area contributed by atoms with E-state index >= 15 is 0 Å². The summed E-state index contributed by atoms with van der Waals surface area (Å²) in [5.74, 6) is -1.10. The van der Waals surface area contributed by atoms with Gasteiger partial charge in [-0.15, -0.1) is 10.2 Å². The van der Waals surface area contributed by atoms with Gasteiger partial charge in [-0.1, -0.05) is 49.6 Å². The van der Waals surface area contributed by atoms with E-state index in [0.717, 1.165) is 0 Å². The third-order valence-electron chi connectivity index (χ3n) is 5.81. The number of aromatic hydroxyl groups is 1. The number of nitrogens with one attached hydrogen (secondary N) is 1. The zero-order valence-electron chi connectivity index (χ0n) is 21.0. The molecule has 0 aliphatic heterocycles. The van der Waals surface area contributed by atoms with Crippen molar-refractivity contribution in [1.82, 2.24) is 10.3 Å². The zero-order chi connectivity index (χ0) is 27.8. The molecule has 39 heavy (non-hydrogen) atoms. The number of azo groups is 1. The molecule has 198 valence electrons. The summed E-state index contributed by atoms with van der Waals surface area (Å²) in [6.45, 7) is 8.14. The summed E-state index contributed by atoms with van der Waals surface area (Å²) in [5.41, 5.74) is 6.09. The van der Waals surface area contributed by atoms with E-state index in [0.29, 0.717) is 41.9 Å². The van der Waals surface area contributed by atoms with Crippen LogP contribution in [-0.4, -0.2) is 35.1 Å². The van der Waals surface area contributed by atoms with E-state index in [9.17, 15) is 14.7 Å². The maximum Gasteiger partial charge on any atom is 0.259 e. The number of nitrogens with zero attached hydrogens (tertiary/aromatic N) is 3. The van der Waals surface area contributed by atoms with Crippen LogP contribution in [0.25, 0.3) is 10.8 Å². The minimum Gasteiger partial charge on any atom is -0.505 e. The molecule has 2 aromatic carbocycles. The molecule has 1 aliphatic carbocycles. The summed E-state index contributed by atoms with van der Waals surface area (Å²) in [6, 6.07) is 11.7. The molecular formula is C29H27N5O5. The van der Waals surface area contributed by atoms with Crippen molar-refractivity contribution in [3.8, 4) is 5.75 Å². The van der Waals surface area contributed by atoms with Gasteiger partial charge in [-0.2, -0.15) is 0 Å². The van der Waals surface area contributed by atoms with E-state index in [1.54, 1.807) is 42.5 Å². The predicted octanol–water partition coefficient (Wildman–Crippen LogP) is 5.33. The Balaban J connectivity index is 1.54. The molecule has 2 amide bonds. The smallest absolute Gasteiger partial charge is 0.259 e. The summed E-state index contributed by atoms with van der Waals surface area (Å²) >= 11 is 0. The van der Waals surface area contributed by atoms with Gasteiger partial charge in [0.05, 0.1) is 36.4 Å². The Bertz CT molecular complexity index is 1530. The summed E-state index contributed by atoms with van der Waals surface area (Å²) in [7, 11) is 0. The highest BCUT2D eigenvalue weighted by atomic mass is 16.5. The van der Waals surface area contributed by atoms with Gasteiger partial charge in [0.2, 0.25) is 0 Å². The number of phenolic OH excluding ortho intramolecular Hbond substituents is 1. The van der Waals surface area contributed by atoms with Crippen LogP contribution in [-0.2, 0) is 9.47 Å². The van der Waals surface area contributed by atoms with Crippen molar-refractivity contribution in [2.45, 2.75) is 6.42 Å². The number of nitrogens with two attached hydrogens (primary N) is 1. The number of fused-ring (bicyclic) bond motifs is 1. The van der Waals surface area contributed by atoms with E-state index in [-0.39, 0.29) is 34.3 Å². The van der Waals surface area contributed by atoms with Crippen LogP contribution in [0.2, 0.25) is 0 Å². The van der Waals surface area contributed by atoms with Crippen molar-refractivity contribution in [2.75, 3.05) is 13.2 Å². The lowest BCUT2D eigenvalue weighted by atomic mass is 10.0. The third kappa shape index (κ3) is 6.55. The number of hydrogen-bond acceptors (Lipinski definition) is 8. The van der Waals surface area contributed by atoms with Crippen LogP contribution in [0.1, 0.15) is 27.1 Å². The summed E-state index contributed by atoms with van der Waals surface area (Å²) in [4.78, 5) is 29.0. The number of rotatable bonds is 12. The fourth-order valence-electron chi connectivity index (χ4n) is 3.85. The average Bonchev–Trinajstić information content (AvgIpc) is 3.38. The van der Waals surface area contributed by atoms with Crippen LogP contribution in [0, 0.1) is 5.92 Å². The molecule has 3 aromatic rings. The Labute approximate surface area is 224 Å². The molecule has 10 nitrogen and oxygen atoms in total. The predicted molar refractivity (Wildman–Crippen MR) is 147 cm³/mol. The number of amides is 2. The van der Waals surface area contributed by atoms with Gasteiger partial charge in [0.15, 0.2) is 11.6 Å². The first-order chi connectivity index (χ1) is 18.9. The molecule has 1 atom stereocenters. The summed E-state index contributed by atoms with van der Waals surface area (Å²) in [6.07, 6.45) is 8.85. The van der Waals surface area contributed by atoms with Gasteiger partial charge >= 0.3 is 0 Å². The molecule has 1 aromatic heterocycles. The minimum atomic E-state index is -0.716. The van der Waals surface area contributed by atoms with Crippen molar-refractivity contribution < 1.29 is 24.2 Å². The highest BCUT2D eigenvalue weighted by Crippen LogP contribution is 2.39. The number of carbonyl (C=O) groups is 2. The first kappa shape index (κ1) is 26.8. The van der Waals surface area contributed by atoms with Crippen molar-refractivity contribution in [2.24, 2.45) is 21.9 Å². The van der Waals surface area contributed by atoms with Gasteiger partial charge in [0, 0.05) is 29.6 Å². The first-order valence-corrected chi connectivity index (χ1v) is 12.0. The van der Waals surface area contributed by atoms with E-state index < -0.39 is 11.8 Å². The lowest BCUT2D eigenvalue weighted by molar-refractivity contribution is 0.0962. The topological polar surface area (TPSA) is 148 Å². The molecular weight excluding hydrogens is 498 g/mol. The maximum absolute atomic E-state index is 13.2. The van der Waals surface area contributed by atoms with Crippen LogP contribution < -0.4 is 11.1 Å². The number of pyridine rings is 1. The number of ether oxygens (including phenoxy) is 2. The Kier molecular flexibility index (Phi) is 8.47. The van der Waals surface area contributed by atoms with Gasteiger partial charge in [-0.3, -0.25) is 9.59 Å². The van der Waals surface area contributed by atoms with Crippen molar-refractivity contribution >= 4 is 34.1 Å². The normalized spacial score (nSPS) is 14.3. The Morgan fingerprint density at radius 2 is 2.00 bits per heavy atom. The number of hydrogen-bond donors (Lipinski definition) is 3. The fourth-order valence-corrected chi connectivity index (χ4v) is 3.85. The second kappa shape index (κ2) is 12.3. The first-order valence-electron chi connectivity index (χ1n) is 12.0. The second-order valence-corrected chi connectivity index (χ2v) is 8.52. The van der Waals surface area contributed by atoms with Crippen molar-refractivity contribution in [3.63, 3.8) is 0 Å². The van der Waals surface area contributed by atoms with Crippen LogP contribution in [0.3, 0.4) is 0 Å². The highest BCUT2D eigenvalue weighted by Gasteiger charge is 2.21. The van der Waals surface area contributed by atoms with Crippen LogP contribution in [0.4, 0.5) is 11.5 Å². The Hall–Kier alpha value is -5.25. The van der Waals surface area contributed by atoms with Crippen LogP contribution in [0.5, 0.6) is 5.75 Å². The maximum atomic E-state index is 13.2. The van der Waals surface area contributed by atoms with E-state index in [1.807, 2.05) is 12.2 Å². The molecule has 4 N–H and O–H groups in total. The molecule has 1 aliphatic rings. The largest absolute Gasteiger partial charge is 0.505 e. The average molecular weight is 526 g/mol. The number of phenols is 1. The molecule has 0 saturated carbocycles. The van der Waals surface area contributed by atoms with E-state index in [2.05, 4.69) is 33.7 Å². The lowest BCUT2D eigenvalue weighted by Gasteiger charge is -2.12. The molecule has 0 radical (unpaired) electrons. The molecule has 0 saturated heterocycles. The number of allylic oxidation sites excluding steroid dienone is 1. The Morgan fingerprint density at radius 1 is 1.18 bits per heavy atom. The monoisotopic (exact) mass is 525 g/mol. The van der Waals surface area contributed by atoms with Gasteiger partial charge in [0.1, 0.15) is 5.69 Å². The number of carbonyl (C=O) groups excluding carboxylic acids is 2. The molecule has 0 fully saturated rings. The lowest BCUT2D eigenvalue weighted by Crippen LogP contribution is -2.21. The zero-order valence-corrected chi connectivity index (χ0v) is 21.0. The van der Waals surface area contributed by atoms with Gasteiger partial charge in [0.25, 0.3) is 11.8 Å². The van der Waals surface area contributed by atoms with Crippen molar-refractivity contribution in [1.29, 1.82) is 0 Å². The number of benzene rings is 2. The third-order valence-corrected chi connectivity index (χ3v) is 5.81. The minimum absolute atomic E-state index is 0.00314. The number of primary amides is 1. The SMILES string of the molecule is C=COCCC(=C)OCC1C=CC(NC(=O)c2cc3ccccc3c(/N=N/c3ncccc3C(N)=O)c2O)=C1. The molecule has 0 bridgehead atoms. The quantitative estimate of drug-likeness (QED) is 0.165. The highest BCUT2D eigenvalue weighted by molar-refractivity contribution is 6.07. The summed E-state index contributed by atoms with van der Waals surface area (Å²) < 4.78 is 10.7. The van der Waals surface area contributed by atoms with Gasteiger partial charge in [-0.25, -0.2) is 4.98 Å². The van der Waals surface area contributed by atoms with Crippen molar-refractivity contribution in [3.05, 3.63) is 109 Å². The molecule has 1 heterocycles.